The molecule has 5 heteroatoms. The molecule has 3 nitrogen and oxygen atoms in total. The maximum Gasteiger partial charge on any atom is 0.172 e. The molecule has 0 saturated heterocycles. The van der Waals surface area contributed by atoms with Crippen LogP contribution in [0.3, 0.4) is 0 Å². The summed E-state index contributed by atoms with van der Waals surface area (Å²) in [5, 5.41) is 4.34. The molecule has 1 heterocycles. The van der Waals surface area contributed by atoms with E-state index >= 15 is 0 Å². The van der Waals surface area contributed by atoms with Crippen LogP contribution in [0.1, 0.15) is 18.4 Å². The summed E-state index contributed by atoms with van der Waals surface area (Å²) in [7, 11) is 1.96. The van der Waals surface area contributed by atoms with E-state index in [1.165, 1.54) is 18.9 Å². The van der Waals surface area contributed by atoms with Crippen LogP contribution in [0.25, 0.3) is 0 Å². The molecule has 3 rings (SSSR count). The van der Waals surface area contributed by atoms with Crippen LogP contribution >= 0.6 is 11.8 Å². The molecule has 0 spiro atoms. The molecule has 0 radical (unpaired) electrons. The lowest BCUT2D eigenvalue weighted by atomic mass is 10.2. The first-order chi connectivity index (χ1) is 9.22. The van der Waals surface area contributed by atoms with Gasteiger partial charge in [0.25, 0.3) is 0 Å². The molecule has 0 unspecified atom stereocenters. The van der Waals surface area contributed by atoms with Gasteiger partial charge in [-0.15, -0.1) is 0 Å². The zero-order valence-corrected chi connectivity index (χ0v) is 11.6. The van der Waals surface area contributed by atoms with Crippen molar-refractivity contribution in [2.75, 3.05) is 0 Å². The number of aromatic nitrogens is 2. The van der Waals surface area contributed by atoms with Crippen molar-refractivity contribution in [2.45, 2.75) is 35.5 Å². The van der Waals surface area contributed by atoms with Crippen LogP contribution in [0.15, 0.2) is 40.6 Å². The van der Waals surface area contributed by atoms with Gasteiger partial charge in [0.05, 0.1) is 0 Å². The second kappa shape index (κ2) is 5.35. The number of halogens is 1. The van der Waals surface area contributed by atoms with Crippen LogP contribution in [0.4, 0.5) is 4.39 Å². The van der Waals surface area contributed by atoms with Crippen LogP contribution in [0.2, 0.25) is 0 Å². The standard InChI is InChI=1S/C14H16FN3S/c1-18-7-6-16-14(18)19-13-5-2-11(15)8-10(13)9-17-12-3-4-12/h2,5-8,12,17H,3-4,9H2,1H3. The second-order valence-electron chi connectivity index (χ2n) is 4.83. The largest absolute Gasteiger partial charge is 0.329 e. The molecular weight excluding hydrogens is 261 g/mol. The lowest BCUT2D eigenvalue weighted by Crippen LogP contribution is -2.16. The molecule has 1 aliphatic carbocycles. The van der Waals surface area contributed by atoms with Gasteiger partial charge in [0.15, 0.2) is 5.16 Å². The fraction of sp³-hybridized carbons (Fsp3) is 0.357. The van der Waals surface area contributed by atoms with Gasteiger partial charge in [-0.1, -0.05) is 11.8 Å². The Morgan fingerprint density at radius 2 is 2.32 bits per heavy atom. The number of aryl methyl sites for hydroxylation is 1. The molecule has 0 bridgehead atoms. The molecule has 2 aromatic rings. The molecule has 19 heavy (non-hydrogen) atoms. The SMILES string of the molecule is Cn1ccnc1Sc1ccc(F)cc1CNC1CC1. The molecule has 1 aromatic heterocycles. The summed E-state index contributed by atoms with van der Waals surface area (Å²) < 4.78 is 15.4. The van der Waals surface area contributed by atoms with Crippen molar-refractivity contribution in [3.05, 3.63) is 42.0 Å². The summed E-state index contributed by atoms with van der Waals surface area (Å²) in [5.74, 6) is -0.184. The average molecular weight is 277 g/mol. The summed E-state index contributed by atoms with van der Waals surface area (Å²) in [6.45, 7) is 0.717. The smallest absolute Gasteiger partial charge is 0.172 e. The van der Waals surface area contributed by atoms with E-state index in [4.69, 9.17) is 0 Å². The summed E-state index contributed by atoms with van der Waals surface area (Å²) in [5.41, 5.74) is 1.000. The van der Waals surface area contributed by atoms with Crippen molar-refractivity contribution < 1.29 is 4.39 Å². The minimum atomic E-state index is -0.184. The van der Waals surface area contributed by atoms with Gasteiger partial charge >= 0.3 is 0 Å². The predicted molar refractivity (Wildman–Crippen MR) is 73.6 cm³/mol. The number of nitrogens with one attached hydrogen (secondary N) is 1. The molecule has 1 N–H and O–H groups in total. The highest BCUT2D eigenvalue weighted by atomic mass is 32.2. The van der Waals surface area contributed by atoms with Crippen LogP contribution in [0, 0.1) is 5.82 Å². The number of imidazole rings is 1. The Kier molecular flexibility index (Phi) is 3.57. The predicted octanol–water partition coefficient (Wildman–Crippen LogP) is 2.96. The van der Waals surface area contributed by atoms with Crippen LogP contribution in [0.5, 0.6) is 0 Å². The number of rotatable bonds is 5. The fourth-order valence-electron chi connectivity index (χ4n) is 1.88. The maximum absolute atomic E-state index is 13.4. The number of benzene rings is 1. The molecule has 0 atom stereocenters. The zero-order valence-electron chi connectivity index (χ0n) is 10.8. The molecular formula is C14H16FN3S. The van der Waals surface area contributed by atoms with Crippen LogP contribution in [-0.2, 0) is 13.6 Å². The van der Waals surface area contributed by atoms with Crippen molar-refractivity contribution in [3.63, 3.8) is 0 Å². The van der Waals surface area contributed by atoms with Gasteiger partial charge in [0, 0.05) is 36.9 Å². The number of hydrogen-bond acceptors (Lipinski definition) is 3. The average Bonchev–Trinajstić information content (AvgIpc) is 3.14. The molecule has 1 aromatic carbocycles. The Labute approximate surface area is 116 Å². The molecule has 0 aliphatic heterocycles. The minimum absolute atomic E-state index is 0.184. The topological polar surface area (TPSA) is 29.9 Å². The number of hydrogen-bond donors (Lipinski definition) is 1. The van der Waals surface area contributed by atoms with Gasteiger partial charge in [0.1, 0.15) is 5.82 Å². The lowest BCUT2D eigenvalue weighted by Gasteiger charge is -2.10. The van der Waals surface area contributed by atoms with Crippen LogP contribution in [-0.4, -0.2) is 15.6 Å². The van der Waals surface area contributed by atoms with Gasteiger partial charge in [-0.25, -0.2) is 9.37 Å². The summed E-state index contributed by atoms with van der Waals surface area (Å²) >= 11 is 1.57. The van der Waals surface area contributed by atoms with Gasteiger partial charge in [0.2, 0.25) is 0 Å². The normalized spacial score (nSPS) is 14.8. The van der Waals surface area contributed by atoms with E-state index in [2.05, 4.69) is 10.3 Å². The van der Waals surface area contributed by atoms with Crippen molar-refractivity contribution in [1.82, 2.24) is 14.9 Å². The van der Waals surface area contributed by atoms with E-state index in [1.807, 2.05) is 23.9 Å². The van der Waals surface area contributed by atoms with E-state index in [0.717, 1.165) is 22.2 Å². The van der Waals surface area contributed by atoms with Gasteiger partial charge in [-0.2, -0.15) is 0 Å². The van der Waals surface area contributed by atoms with Gasteiger partial charge in [-0.3, -0.25) is 0 Å². The summed E-state index contributed by atoms with van der Waals surface area (Å²) in [4.78, 5) is 5.35. The quantitative estimate of drug-likeness (QED) is 0.911. The van der Waals surface area contributed by atoms with Crippen molar-refractivity contribution in [3.8, 4) is 0 Å². The lowest BCUT2D eigenvalue weighted by molar-refractivity contribution is 0.615. The Hall–Kier alpha value is -1.33. The minimum Gasteiger partial charge on any atom is -0.329 e. The third kappa shape index (κ3) is 3.16. The van der Waals surface area contributed by atoms with E-state index in [9.17, 15) is 4.39 Å². The Morgan fingerprint density at radius 1 is 1.47 bits per heavy atom. The van der Waals surface area contributed by atoms with Gasteiger partial charge in [-0.05, 0) is 36.6 Å². The van der Waals surface area contributed by atoms with E-state index < -0.39 is 0 Å². The fourth-order valence-corrected chi connectivity index (χ4v) is 2.79. The number of nitrogens with zero attached hydrogens (tertiary/aromatic N) is 2. The Bertz CT molecular complexity index is 578. The summed E-state index contributed by atoms with van der Waals surface area (Å²) in [6, 6.07) is 5.57. The third-order valence-corrected chi connectivity index (χ3v) is 4.35. The van der Waals surface area contributed by atoms with Crippen molar-refractivity contribution in [1.29, 1.82) is 0 Å². The first-order valence-corrected chi connectivity index (χ1v) is 7.21. The van der Waals surface area contributed by atoms with E-state index in [1.54, 1.807) is 24.0 Å². The molecule has 1 aliphatic rings. The third-order valence-electron chi connectivity index (χ3n) is 3.16. The molecule has 0 amide bonds. The maximum atomic E-state index is 13.4. The van der Waals surface area contributed by atoms with Crippen molar-refractivity contribution >= 4 is 11.8 Å². The highest BCUT2D eigenvalue weighted by Gasteiger charge is 2.20. The first-order valence-electron chi connectivity index (χ1n) is 6.39. The molecule has 100 valence electrons. The highest BCUT2D eigenvalue weighted by Crippen LogP contribution is 2.30. The van der Waals surface area contributed by atoms with Crippen LogP contribution < -0.4 is 5.32 Å². The van der Waals surface area contributed by atoms with Gasteiger partial charge < -0.3 is 9.88 Å². The van der Waals surface area contributed by atoms with E-state index in [0.29, 0.717) is 6.04 Å². The monoisotopic (exact) mass is 277 g/mol. The Balaban J connectivity index is 1.80. The first kappa shape index (κ1) is 12.7. The summed E-state index contributed by atoms with van der Waals surface area (Å²) in [6.07, 6.45) is 6.15. The zero-order chi connectivity index (χ0) is 13.2. The molecule has 1 fully saturated rings. The Morgan fingerprint density at radius 3 is 3.00 bits per heavy atom. The second-order valence-corrected chi connectivity index (χ2v) is 5.84. The highest BCUT2D eigenvalue weighted by molar-refractivity contribution is 7.99. The molecule has 1 saturated carbocycles. The van der Waals surface area contributed by atoms with Crippen molar-refractivity contribution in [2.24, 2.45) is 7.05 Å². The van der Waals surface area contributed by atoms with E-state index in [-0.39, 0.29) is 5.82 Å².